The van der Waals surface area contributed by atoms with Crippen LogP contribution in [0.4, 0.5) is 0 Å². The minimum absolute atomic E-state index is 0.523. The quantitative estimate of drug-likeness (QED) is 0.479. The lowest BCUT2D eigenvalue weighted by molar-refractivity contribution is -0.477. The summed E-state index contributed by atoms with van der Waals surface area (Å²) >= 11 is 0. The number of hydrogen-bond donors (Lipinski definition) is 0. The Hall–Kier alpha value is -3.28. The normalized spacial score (nSPS) is 12.0. The maximum Gasteiger partial charge on any atom is 0.346 e. The highest BCUT2D eigenvalue weighted by molar-refractivity contribution is 5.61. The number of benzene rings is 2. The summed E-state index contributed by atoms with van der Waals surface area (Å²) in [5.74, 6) is 0. The van der Waals surface area contributed by atoms with Gasteiger partial charge in [-0.25, -0.2) is 0 Å². The molecule has 0 N–H and O–H groups in total. The Morgan fingerprint density at radius 2 is 1.00 bits per heavy atom. The van der Waals surface area contributed by atoms with Gasteiger partial charge < -0.3 is 0 Å². The van der Waals surface area contributed by atoms with Gasteiger partial charge in [0.1, 0.15) is 0 Å². The van der Waals surface area contributed by atoms with E-state index in [9.17, 15) is 20.2 Å². The van der Waals surface area contributed by atoms with Gasteiger partial charge in [-0.05, 0) is 11.1 Å². The molecule has 0 aromatic heterocycles. The first-order valence-corrected chi connectivity index (χ1v) is 6.40. The van der Waals surface area contributed by atoms with Gasteiger partial charge in [-0.3, -0.25) is 20.2 Å². The van der Waals surface area contributed by atoms with Gasteiger partial charge in [0, 0.05) is 12.2 Å². The molecule has 0 aliphatic rings. The molecule has 0 amide bonds. The standard InChI is InChI=1S/C16H12N2O4/c19-17(20)15(11-13-7-3-1-4-8-13)16(18(21)22)12-14-9-5-2-6-10-14/h1-12H/b15-11+,16-12+. The van der Waals surface area contributed by atoms with Crippen LogP contribution in [0, 0.1) is 20.2 Å². The molecule has 0 fully saturated rings. The zero-order chi connectivity index (χ0) is 15.9. The van der Waals surface area contributed by atoms with Crippen molar-refractivity contribution < 1.29 is 9.85 Å². The molecule has 110 valence electrons. The molecule has 6 heteroatoms. The zero-order valence-electron chi connectivity index (χ0n) is 11.5. The lowest BCUT2D eigenvalue weighted by Gasteiger charge is -1.98. The smallest absolute Gasteiger partial charge is 0.258 e. The van der Waals surface area contributed by atoms with Crippen LogP contribution >= 0.6 is 0 Å². The van der Waals surface area contributed by atoms with Crippen LogP contribution in [0.2, 0.25) is 0 Å². The van der Waals surface area contributed by atoms with Gasteiger partial charge in [-0.1, -0.05) is 60.7 Å². The lowest BCUT2D eigenvalue weighted by Crippen LogP contribution is -2.09. The molecule has 0 saturated heterocycles. The molecule has 22 heavy (non-hydrogen) atoms. The van der Waals surface area contributed by atoms with E-state index in [2.05, 4.69) is 0 Å². The molecule has 0 aliphatic carbocycles. The van der Waals surface area contributed by atoms with Crippen LogP contribution in [0.25, 0.3) is 12.2 Å². The van der Waals surface area contributed by atoms with Crippen LogP contribution in [0.15, 0.2) is 72.1 Å². The third-order valence-electron chi connectivity index (χ3n) is 2.86. The summed E-state index contributed by atoms with van der Waals surface area (Å²) < 4.78 is 0. The second-order valence-electron chi connectivity index (χ2n) is 4.39. The van der Waals surface area contributed by atoms with Gasteiger partial charge in [0.15, 0.2) is 0 Å². The van der Waals surface area contributed by atoms with E-state index in [-0.39, 0.29) is 0 Å². The van der Waals surface area contributed by atoms with E-state index < -0.39 is 21.2 Å². The molecule has 6 nitrogen and oxygen atoms in total. The molecule has 0 spiro atoms. The average molecular weight is 296 g/mol. The number of hydrogen-bond acceptors (Lipinski definition) is 4. The van der Waals surface area contributed by atoms with E-state index in [1.165, 1.54) is 12.2 Å². The van der Waals surface area contributed by atoms with Crippen molar-refractivity contribution in [2.45, 2.75) is 0 Å². The molecule has 0 heterocycles. The SMILES string of the molecule is O=[N+]([O-])C(=C/c1ccccc1)/C(=C\c1ccccc1)[N+](=O)[O-]. The van der Waals surface area contributed by atoms with Crippen molar-refractivity contribution >= 4 is 12.2 Å². The second-order valence-corrected chi connectivity index (χ2v) is 4.39. The van der Waals surface area contributed by atoms with Crippen molar-refractivity contribution in [3.63, 3.8) is 0 Å². The Balaban J connectivity index is 2.52. The predicted octanol–water partition coefficient (Wildman–Crippen LogP) is 3.62. The summed E-state index contributed by atoms with van der Waals surface area (Å²) in [4.78, 5) is 21.0. The summed E-state index contributed by atoms with van der Waals surface area (Å²) in [5.41, 5.74) is -0.0647. The Morgan fingerprint density at radius 1 is 0.682 bits per heavy atom. The van der Waals surface area contributed by atoms with Gasteiger partial charge >= 0.3 is 11.4 Å². The van der Waals surface area contributed by atoms with Crippen molar-refractivity contribution in [1.29, 1.82) is 0 Å². The van der Waals surface area contributed by atoms with Gasteiger partial charge in [0.2, 0.25) is 0 Å². The Morgan fingerprint density at radius 3 is 1.27 bits per heavy atom. The van der Waals surface area contributed by atoms with Crippen LogP contribution in [0.1, 0.15) is 11.1 Å². The third kappa shape index (κ3) is 3.86. The highest BCUT2D eigenvalue weighted by Crippen LogP contribution is 2.19. The maximum atomic E-state index is 11.2. The molecule has 0 saturated carbocycles. The average Bonchev–Trinajstić information content (AvgIpc) is 2.52. The van der Waals surface area contributed by atoms with Crippen molar-refractivity contribution in [2.24, 2.45) is 0 Å². The van der Waals surface area contributed by atoms with Crippen molar-refractivity contribution in [3.8, 4) is 0 Å². The Bertz CT molecular complexity index is 672. The van der Waals surface area contributed by atoms with E-state index in [0.29, 0.717) is 11.1 Å². The fourth-order valence-electron chi connectivity index (χ4n) is 1.85. The summed E-state index contributed by atoms with van der Waals surface area (Å²) in [6.07, 6.45) is 2.38. The summed E-state index contributed by atoms with van der Waals surface area (Å²) in [7, 11) is 0. The van der Waals surface area contributed by atoms with E-state index in [1.807, 2.05) is 0 Å². The maximum absolute atomic E-state index is 11.2. The van der Waals surface area contributed by atoms with Crippen molar-refractivity contribution in [1.82, 2.24) is 0 Å². The molecule has 0 atom stereocenters. The fraction of sp³-hybridized carbons (Fsp3) is 0. The van der Waals surface area contributed by atoms with Gasteiger partial charge in [0.05, 0.1) is 9.85 Å². The number of nitro groups is 2. The number of rotatable bonds is 5. The summed E-state index contributed by atoms with van der Waals surface area (Å²) in [6.45, 7) is 0. The largest absolute Gasteiger partial charge is 0.346 e. The van der Waals surface area contributed by atoms with Gasteiger partial charge in [-0.2, -0.15) is 0 Å². The minimum Gasteiger partial charge on any atom is -0.258 e. The van der Waals surface area contributed by atoms with Crippen LogP contribution in [0.5, 0.6) is 0 Å². The van der Waals surface area contributed by atoms with Crippen molar-refractivity contribution in [2.75, 3.05) is 0 Å². The molecular formula is C16H12N2O4. The lowest BCUT2D eigenvalue weighted by atomic mass is 10.1. The Kier molecular flexibility index (Phi) is 4.77. The highest BCUT2D eigenvalue weighted by Gasteiger charge is 2.28. The van der Waals surface area contributed by atoms with Gasteiger partial charge in [0.25, 0.3) is 0 Å². The molecule has 0 unspecified atom stereocenters. The van der Waals surface area contributed by atoms with Crippen LogP contribution in [-0.4, -0.2) is 9.85 Å². The Labute approximate surface area is 126 Å². The molecule has 2 rings (SSSR count). The van der Waals surface area contributed by atoms with Crippen LogP contribution in [0.3, 0.4) is 0 Å². The number of nitrogens with zero attached hydrogens (tertiary/aromatic N) is 2. The topological polar surface area (TPSA) is 86.3 Å². The van der Waals surface area contributed by atoms with Crippen LogP contribution < -0.4 is 0 Å². The summed E-state index contributed by atoms with van der Waals surface area (Å²) in [5, 5.41) is 22.5. The molecule has 2 aromatic carbocycles. The molecular weight excluding hydrogens is 284 g/mol. The summed E-state index contributed by atoms with van der Waals surface area (Å²) in [6, 6.07) is 16.9. The van der Waals surface area contributed by atoms with Crippen molar-refractivity contribution in [3.05, 3.63) is 103 Å². The van der Waals surface area contributed by atoms with Gasteiger partial charge in [-0.15, -0.1) is 0 Å². The van der Waals surface area contributed by atoms with Crippen LogP contribution in [-0.2, 0) is 0 Å². The highest BCUT2D eigenvalue weighted by atomic mass is 16.6. The van der Waals surface area contributed by atoms with E-state index in [0.717, 1.165) is 0 Å². The first-order valence-electron chi connectivity index (χ1n) is 6.40. The molecule has 0 aliphatic heterocycles. The minimum atomic E-state index is -0.745. The fourth-order valence-corrected chi connectivity index (χ4v) is 1.85. The van der Waals surface area contributed by atoms with E-state index >= 15 is 0 Å². The van der Waals surface area contributed by atoms with E-state index in [4.69, 9.17) is 0 Å². The molecule has 0 bridgehead atoms. The zero-order valence-corrected chi connectivity index (χ0v) is 11.5. The second kappa shape index (κ2) is 6.94. The monoisotopic (exact) mass is 296 g/mol. The third-order valence-corrected chi connectivity index (χ3v) is 2.86. The molecule has 0 radical (unpaired) electrons. The molecule has 2 aromatic rings. The first-order chi connectivity index (χ1) is 10.6. The predicted molar refractivity (Wildman–Crippen MR) is 82.8 cm³/mol. The van der Waals surface area contributed by atoms with E-state index in [1.54, 1.807) is 60.7 Å². The first kappa shape index (κ1) is 15.1.